The van der Waals surface area contributed by atoms with E-state index < -0.39 is 6.10 Å². The lowest BCUT2D eigenvalue weighted by molar-refractivity contribution is -0.135. The number of piperidine rings is 1. The smallest absolute Gasteiger partial charge is 0.237 e. The van der Waals surface area contributed by atoms with Gasteiger partial charge in [-0.1, -0.05) is 19.3 Å². The maximum Gasteiger partial charge on any atom is 0.237 e. The standard InChI is InChI=1S/C19H33N3O3/c1-20-19(25)17-12-16(23)13-22(17)15-7-9-21(10-8-15)18(24)11-14-5-3-2-4-6-14/h14-17,23H,2-13H2,1H3,(H,20,25)/t16-,17+/m1/s1. The number of β-amino-alcohol motifs (C(OH)–C–C–N with tert-alkyl or cyclic N) is 1. The van der Waals surface area contributed by atoms with Gasteiger partial charge in [0, 0.05) is 39.1 Å². The van der Waals surface area contributed by atoms with Crippen LogP contribution >= 0.6 is 0 Å². The largest absolute Gasteiger partial charge is 0.392 e. The third kappa shape index (κ3) is 4.53. The maximum atomic E-state index is 12.6. The zero-order chi connectivity index (χ0) is 17.8. The number of rotatable bonds is 4. The van der Waals surface area contributed by atoms with E-state index >= 15 is 0 Å². The molecular formula is C19H33N3O3. The third-order valence-electron chi connectivity index (χ3n) is 6.34. The Hall–Kier alpha value is -1.14. The molecule has 0 aromatic heterocycles. The molecule has 2 aliphatic heterocycles. The first-order valence-corrected chi connectivity index (χ1v) is 10.0. The molecule has 3 fully saturated rings. The van der Waals surface area contributed by atoms with Crippen LogP contribution in [0, 0.1) is 5.92 Å². The Morgan fingerprint density at radius 2 is 1.76 bits per heavy atom. The number of carbonyl (C=O) groups is 2. The van der Waals surface area contributed by atoms with Gasteiger partial charge in [-0.25, -0.2) is 0 Å². The Bertz CT molecular complexity index is 471. The third-order valence-corrected chi connectivity index (χ3v) is 6.34. The van der Waals surface area contributed by atoms with Crippen molar-refractivity contribution in [3.05, 3.63) is 0 Å². The quantitative estimate of drug-likeness (QED) is 0.796. The van der Waals surface area contributed by atoms with Crippen molar-refractivity contribution in [2.45, 2.75) is 76.0 Å². The molecule has 0 spiro atoms. The monoisotopic (exact) mass is 351 g/mol. The van der Waals surface area contributed by atoms with Crippen molar-refractivity contribution in [1.82, 2.24) is 15.1 Å². The summed E-state index contributed by atoms with van der Waals surface area (Å²) in [6.45, 7) is 2.13. The maximum absolute atomic E-state index is 12.6. The Kier molecular flexibility index (Phi) is 6.34. The number of amides is 2. The average Bonchev–Trinajstić information content (AvgIpc) is 3.04. The van der Waals surface area contributed by atoms with Gasteiger partial charge >= 0.3 is 0 Å². The van der Waals surface area contributed by atoms with E-state index in [1.807, 2.05) is 4.90 Å². The van der Waals surface area contributed by atoms with Crippen molar-refractivity contribution < 1.29 is 14.7 Å². The van der Waals surface area contributed by atoms with E-state index in [2.05, 4.69) is 10.2 Å². The Morgan fingerprint density at radius 1 is 1.08 bits per heavy atom. The van der Waals surface area contributed by atoms with Gasteiger partial charge in [-0.2, -0.15) is 0 Å². The Labute approximate surface area is 150 Å². The fourth-order valence-corrected chi connectivity index (χ4v) is 4.88. The van der Waals surface area contributed by atoms with Crippen LogP contribution in [0.1, 0.15) is 57.8 Å². The fourth-order valence-electron chi connectivity index (χ4n) is 4.88. The summed E-state index contributed by atoms with van der Waals surface area (Å²) in [4.78, 5) is 28.8. The highest BCUT2D eigenvalue weighted by atomic mass is 16.3. The van der Waals surface area contributed by atoms with Gasteiger partial charge in [-0.3, -0.25) is 14.5 Å². The number of likely N-dealkylation sites (tertiary alicyclic amines) is 2. The van der Waals surface area contributed by atoms with Gasteiger partial charge in [-0.15, -0.1) is 0 Å². The molecule has 1 saturated carbocycles. The highest BCUT2D eigenvalue weighted by Crippen LogP contribution is 2.29. The fraction of sp³-hybridized carbons (Fsp3) is 0.895. The first-order chi connectivity index (χ1) is 12.1. The summed E-state index contributed by atoms with van der Waals surface area (Å²) in [7, 11) is 1.65. The number of aliphatic hydroxyl groups is 1. The topological polar surface area (TPSA) is 72.9 Å². The Balaban J connectivity index is 1.49. The zero-order valence-electron chi connectivity index (χ0n) is 15.5. The minimum absolute atomic E-state index is 0.00708. The van der Waals surface area contributed by atoms with Crippen LogP contribution in [0.2, 0.25) is 0 Å². The summed E-state index contributed by atoms with van der Waals surface area (Å²) < 4.78 is 0. The normalized spacial score (nSPS) is 29.8. The molecule has 25 heavy (non-hydrogen) atoms. The van der Waals surface area contributed by atoms with E-state index in [0.717, 1.165) is 25.9 Å². The lowest BCUT2D eigenvalue weighted by Gasteiger charge is -2.39. The van der Waals surface area contributed by atoms with E-state index in [0.29, 0.717) is 31.2 Å². The molecule has 6 heteroatoms. The first-order valence-electron chi connectivity index (χ1n) is 10.0. The second-order valence-corrected chi connectivity index (χ2v) is 8.04. The second kappa shape index (κ2) is 8.49. The summed E-state index contributed by atoms with van der Waals surface area (Å²) in [6.07, 6.45) is 8.90. The van der Waals surface area contributed by atoms with Crippen LogP contribution in [0.3, 0.4) is 0 Å². The molecule has 0 aromatic carbocycles. The van der Waals surface area contributed by atoms with E-state index in [1.165, 1.54) is 32.1 Å². The lowest BCUT2D eigenvalue weighted by Crippen LogP contribution is -2.51. The number of nitrogens with one attached hydrogen (secondary N) is 1. The number of carbonyl (C=O) groups excluding carboxylic acids is 2. The van der Waals surface area contributed by atoms with Crippen LogP contribution in [-0.2, 0) is 9.59 Å². The van der Waals surface area contributed by atoms with Gasteiger partial charge in [0.2, 0.25) is 11.8 Å². The van der Waals surface area contributed by atoms with Crippen molar-refractivity contribution in [2.24, 2.45) is 5.92 Å². The minimum atomic E-state index is -0.423. The molecule has 2 saturated heterocycles. The summed E-state index contributed by atoms with van der Waals surface area (Å²) >= 11 is 0. The summed E-state index contributed by atoms with van der Waals surface area (Å²) in [6, 6.07) is 0.0627. The number of nitrogens with zero attached hydrogens (tertiary/aromatic N) is 2. The predicted molar refractivity (Wildman–Crippen MR) is 96.0 cm³/mol. The van der Waals surface area contributed by atoms with Crippen LogP contribution < -0.4 is 5.32 Å². The highest BCUT2D eigenvalue weighted by Gasteiger charge is 2.40. The van der Waals surface area contributed by atoms with Gasteiger partial charge in [0.25, 0.3) is 0 Å². The molecule has 2 amide bonds. The molecule has 3 aliphatic rings. The Morgan fingerprint density at radius 3 is 2.40 bits per heavy atom. The van der Waals surface area contributed by atoms with E-state index in [9.17, 15) is 14.7 Å². The lowest BCUT2D eigenvalue weighted by atomic mass is 9.86. The molecular weight excluding hydrogens is 318 g/mol. The molecule has 0 bridgehead atoms. The van der Waals surface area contributed by atoms with Crippen molar-refractivity contribution in [3.63, 3.8) is 0 Å². The predicted octanol–water partition coefficient (Wildman–Crippen LogP) is 1.13. The number of aliphatic hydroxyl groups excluding tert-OH is 1. The van der Waals surface area contributed by atoms with Crippen molar-refractivity contribution in [3.8, 4) is 0 Å². The average molecular weight is 351 g/mol. The van der Waals surface area contributed by atoms with Gasteiger partial charge < -0.3 is 15.3 Å². The zero-order valence-corrected chi connectivity index (χ0v) is 15.5. The van der Waals surface area contributed by atoms with Crippen molar-refractivity contribution >= 4 is 11.8 Å². The van der Waals surface area contributed by atoms with Gasteiger partial charge in [-0.05, 0) is 38.0 Å². The van der Waals surface area contributed by atoms with Crippen molar-refractivity contribution in [2.75, 3.05) is 26.7 Å². The van der Waals surface area contributed by atoms with Crippen LogP contribution in [0.4, 0.5) is 0 Å². The summed E-state index contributed by atoms with van der Waals surface area (Å²) in [5.74, 6) is 0.896. The SMILES string of the molecule is CNC(=O)[C@@H]1C[C@@H](O)CN1C1CCN(C(=O)CC2CCCCC2)CC1. The minimum Gasteiger partial charge on any atom is -0.392 e. The van der Waals surface area contributed by atoms with E-state index in [4.69, 9.17) is 0 Å². The summed E-state index contributed by atoms with van der Waals surface area (Å²) in [5, 5.41) is 12.7. The first kappa shape index (κ1) is 18.6. The molecule has 3 rings (SSSR count). The van der Waals surface area contributed by atoms with Crippen LogP contribution in [-0.4, -0.2) is 71.6 Å². The van der Waals surface area contributed by atoms with Crippen molar-refractivity contribution in [1.29, 1.82) is 0 Å². The van der Waals surface area contributed by atoms with Gasteiger partial charge in [0.1, 0.15) is 0 Å². The molecule has 0 unspecified atom stereocenters. The van der Waals surface area contributed by atoms with E-state index in [1.54, 1.807) is 7.05 Å². The molecule has 6 nitrogen and oxygen atoms in total. The molecule has 142 valence electrons. The summed E-state index contributed by atoms with van der Waals surface area (Å²) in [5.41, 5.74) is 0. The van der Waals surface area contributed by atoms with Gasteiger partial charge in [0.05, 0.1) is 12.1 Å². The van der Waals surface area contributed by atoms with E-state index in [-0.39, 0.29) is 18.0 Å². The molecule has 2 atom stereocenters. The number of hydrogen-bond donors (Lipinski definition) is 2. The molecule has 2 N–H and O–H groups in total. The molecule has 2 heterocycles. The second-order valence-electron chi connectivity index (χ2n) is 8.04. The van der Waals surface area contributed by atoms with Crippen LogP contribution in [0.15, 0.2) is 0 Å². The highest BCUT2D eigenvalue weighted by molar-refractivity contribution is 5.82. The van der Waals surface area contributed by atoms with Crippen LogP contribution in [0.25, 0.3) is 0 Å². The number of likely N-dealkylation sites (N-methyl/N-ethyl adjacent to an activating group) is 1. The molecule has 0 aromatic rings. The number of hydrogen-bond acceptors (Lipinski definition) is 4. The van der Waals surface area contributed by atoms with Gasteiger partial charge in [0.15, 0.2) is 0 Å². The van der Waals surface area contributed by atoms with Crippen LogP contribution in [0.5, 0.6) is 0 Å². The molecule has 0 radical (unpaired) electrons. The molecule has 1 aliphatic carbocycles.